The van der Waals surface area contributed by atoms with Gasteiger partial charge in [0, 0.05) is 19.0 Å². The van der Waals surface area contributed by atoms with Crippen LogP contribution in [-0.2, 0) is 12.7 Å². The molecule has 4 nitrogen and oxygen atoms in total. The van der Waals surface area contributed by atoms with Gasteiger partial charge in [-0.3, -0.25) is 4.99 Å². The highest BCUT2D eigenvalue weighted by molar-refractivity contribution is 7.09. The second-order valence-corrected chi connectivity index (χ2v) is 6.91. The van der Waals surface area contributed by atoms with Crippen molar-refractivity contribution in [2.24, 2.45) is 10.4 Å². The Bertz CT molecular complexity index is 533. The third kappa shape index (κ3) is 4.83. The van der Waals surface area contributed by atoms with Crippen molar-refractivity contribution in [3.05, 3.63) is 16.1 Å². The molecule has 0 saturated heterocycles. The molecule has 1 aromatic heterocycles. The van der Waals surface area contributed by atoms with E-state index >= 15 is 0 Å². The quantitative estimate of drug-likeness (QED) is 0.629. The summed E-state index contributed by atoms with van der Waals surface area (Å²) in [7, 11) is 1.66. The summed E-state index contributed by atoms with van der Waals surface area (Å²) in [5.41, 5.74) is -0.513. The fourth-order valence-corrected chi connectivity index (χ4v) is 3.69. The van der Waals surface area contributed by atoms with E-state index in [0.29, 0.717) is 16.4 Å². The van der Waals surface area contributed by atoms with Crippen molar-refractivity contribution in [3.8, 4) is 0 Å². The smallest absolute Gasteiger partial charge is 0.356 e. The van der Waals surface area contributed by atoms with Crippen molar-refractivity contribution in [1.29, 1.82) is 0 Å². The highest BCUT2D eigenvalue weighted by Gasteiger charge is 2.34. The van der Waals surface area contributed by atoms with Gasteiger partial charge < -0.3 is 10.6 Å². The third-order valence-corrected chi connectivity index (χ3v) is 5.37. The second-order valence-electron chi connectivity index (χ2n) is 5.96. The average Bonchev–Trinajstić information content (AvgIpc) is 3.16. The predicted molar refractivity (Wildman–Crippen MR) is 86.5 cm³/mol. The zero-order chi connectivity index (χ0) is 16.9. The Labute approximate surface area is 138 Å². The van der Waals surface area contributed by atoms with E-state index in [1.165, 1.54) is 25.7 Å². The van der Waals surface area contributed by atoms with Crippen LogP contribution in [0.2, 0.25) is 0 Å². The summed E-state index contributed by atoms with van der Waals surface area (Å²) >= 11 is 1.000. The van der Waals surface area contributed by atoms with Gasteiger partial charge in [0.05, 0.1) is 6.54 Å². The minimum absolute atomic E-state index is 0.236. The van der Waals surface area contributed by atoms with Gasteiger partial charge in [0.15, 0.2) is 11.7 Å². The van der Waals surface area contributed by atoms with E-state index in [1.54, 1.807) is 7.05 Å². The normalized spacial score (nSPS) is 18.2. The standard InChI is InChI=1S/C15H23F3N4S/c1-3-14(6-4-5-7-14)10-21-13(19-2)20-8-12-22-11(9-23-12)15(16,17)18/h9H,3-8,10H2,1-2H3,(H2,19,20,21). The molecule has 1 aliphatic rings. The fourth-order valence-electron chi connectivity index (χ4n) is 2.95. The zero-order valence-corrected chi connectivity index (χ0v) is 14.3. The minimum atomic E-state index is -4.38. The van der Waals surface area contributed by atoms with E-state index in [4.69, 9.17) is 0 Å². The van der Waals surface area contributed by atoms with Crippen molar-refractivity contribution >= 4 is 17.3 Å². The summed E-state index contributed by atoms with van der Waals surface area (Å²) in [6.45, 7) is 3.28. The molecule has 0 aliphatic heterocycles. The van der Waals surface area contributed by atoms with Gasteiger partial charge in [-0.15, -0.1) is 11.3 Å². The molecule has 2 rings (SSSR count). The van der Waals surface area contributed by atoms with Gasteiger partial charge in [0.1, 0.15) is 5.01 Å². The maximum absolute atomic E-state index is 12.5. The number of rotatable bonds is 5. The molecule has 23 heavy (non-hydrogen) atoms. The molecule has 0 bridgehead atoms. The van der Waals surface area contributed by atoms with Gasteiger partial charge >= 0.3 is 6.18 Å². The molecule has 130 valence electrons. The monoisotopic (exact) mass is 348 g/mol. The summed E-state index contributed by atoms with van der Waals surface area (Å²) in [4.78, 5) is 7.74. The molecule has 0 unspecified atom stereocenters. The summed E-state index contributed by atoms with van der Waals surface area (Å²) in [5, 5.41) is 7.77. The first-order valence-corrected chi connectivity index (χ1v) is 8.73. The van der Waals surface area contributed by atoms with Crippen molar-refractivity contribution in [1.82, 2.24) is 15.6 Å². The van der Waals surface area contributed by atoms with Crippen LogP contribution in [0.1, 0.15) is 49.7 Å². The van der Waals surface area contributed by atoms with Crippen LogP contribution in [0.25, 0.3) is 0 Å². The van der Waals surface area contributed by atoms with Gasteiger partial charge in [-0.1, -0.05) is 19.8 Å². The molecule has 0 atom stereocenters. The molecular weight excluding hydrogens is 325 g/mol. The van der Waals surface area contributed by atoms with E-state index in [0.717, 1.165) is 29.7 Å². The van der Waals surface area contributed by atoms with Crippen molar-refractivity contribution in [2.75, 3.05) is 13.6 Å². The molecule has 0 amide bonds. The fraction of sp³-hybridized carbons (Fsp3) is 0.733. The first kappa shape index (κ1) is 18.0. The molecule has 1 saturated carbocycles. The molecule has 1 fully saturated rings. The van der Waals surface area contributed by atoms with E-state index in [2.05, 4.69) is 27.5 Å². The number of hydrogen-bond donors (Lipinski definition) is 2. The molecule has 8 heteroatoms. The maximum Gasteiger partial charge on any atom is 0.434 e. The Morgan fingerprint density at radius 2 is 2.04 bits per heavy atom. The lowest BCUT2D eigenvalue weighted by Crippen LogP contribution is -2.42. The Morgan fingerprint density at radius 1 is 1.35 bits per heavy atom. The number of guanidine groups is 1. The number of hydrogen-bond acceptors (Lipinski definition) is 3. The number of aromatic nitrogens is 1. The first-order chi connectivity index (χ1) is 10.9. The molecule has 0 aromatic carbocycles. The van der Waals surface area contributed by atoms with Gasteiger partial charge in [0.2, 0.25) is 0 Å². The Balaban J connectivity index is 1.84. The van der Waals surface area contributed by atoms with Crippen LogP contribution < -0.4 is 10.6 Å². The van der Waals surface area contributed by atoms with Crippen LogP contribution in [-0.4, -0.2) is 24.5 Å². The molecule has 0 radical (unpaired) electrons. The summed E-state index contributed by atoms with van der Waals surface area (Å²) in [6.07, 6.45) is 1.70. The van der Waals surface area contributed by atoms with Crippen LogP contribution in [0, 0.1) is 5.41 Å². The Kier molecular flexibility index (Phi) is 5.89. The molecule has 1 aromatic rings. The lowest BCUT2D eigenvalue weighted by Gasteiger charge is -2.28. The van der Waals surface area contributed by atoms with Crippen molar-refractivity contribution in [3.63, 3.8) is 0 Å². The van der Waals surface area contributed by atoms with Gasteiger partial charge in [-0.25, -0.2) is 4.98 Å². The number of nitrogens with zero attached hydrogens (tertiary/aromatic N) is 2. The van der Waals surface area contributed by atoms with E-state index in [1.807, 2.05) is 0 Å². The van der Waals surface area contributed by atoms with Crippen LogP contribution in [0.3, 0.4) is 0 Å². The van der Waals surface area contributed by atoms with Gasteiger partial charge in [-0.2, -0.15) is 13.2 Å². The van der Waals surface area contributed by atoms with Crippen LogP contribution >= 0.6 is 11.3 Å². The minimum Gasteiger partial charge on any atom is -0.356 e. The van der Waals surface area contributed by atoms with Crippen molar-refractivity contribution in [2.45, 2.75) is 51.7 Å². The molecular formula is C15H23F3N4S. The summed E-state index contributed by atoms with van der Waals surface area (Å²) < 4.78 is 37.6. The number of aliphatic imine (C=N–C) groups is 1. The lowest BCUT2D eigenvalue weighted by atomic mass is 9.83. The average molecular weight is 348 g/mol. The van der Waals surface area contributed by atoms with Gasteiger partial charge in [-0.05, 0) is 24.7 Å². The topological polar surface area (TPSA) is 49.3 Å². The molecule has 1 heterocycles. The Hall–Kier alpha value is -1.31. The van der Waals surface area contributed by atoms with E-state index in [-0.39, 0.29) is 6.54 Å². The summed E-state index contributed by atoms with van der Waals surface area (Å²) in [6, 6.07) is 0. The Morgan fingerprint density at radius 3 is 2.57 bits per heavy atom. The van der Waals surface area contributed by atoms with E-state index < -0.39 is 11.9 Å². The highest BCUT2D eigenvalue weighted by atomic mass is 32.1. The third-order valence-electron chi connectivity index (χ3n) is 4.52. The second kappa shape index (κ2) is 7.51. The number of thiazole rings is 1. The number of nitrogens with one attached hydrogen (secondary N) is 2. The van der Waals surface area contributed by atoms with Crippen LogP contribution in [0.15, 0.2) is 10.4 Å². The number of halogens is 3. The van der Waals surface area contributed by atoms with Crippen LogP contribution in [0.5, 0.6) is 0 Å². The summed E-state index contributed by atoms with van der Waals surface area (Å²) in [5.74, 6) is 0.605. The van der Waals surface area contributed by atoms with Crippen molar-refractivity contribution < 1.29 is 13.2 Å². The SMILES string of the molecule is CCC1(CNC(=NC)NCc2nc(C(F)(F)F)cs2)CCCC1. The molecule has 0 spiro atoms. The zero-order valence-electron chi connectivity index (χ0n) is 13.5. The maximum atomic E-state index is 12.5. The number of alkyl halides is 3. The van der Waals surface area contributed by atoms with Gasteiger partial charge in [0.25, 0.3) is 0 Å². The van der Waals surface area contributed by atoms with Crippen LogP contribution in [0.4, 0.5) is 13.2 Å². The first-order valence-electron chi connectivity index (χ1n) is 7.85. The largest absolute Gasteiger partial charge is 0.434 e. The highest BCUT2D eigenvalue weighted by Crippen LogP contribution is 2.40. The molecule has 2 N–H and O–H groups in total. The lowest BCUT2D eigenvalue weighted by molar-refractivity contribution is -0.140. The molecule has 1 aliphatic carbocycles. The van der Waals surface area contributed by atoms with E-state index in [9.17, 15) is 13.2 Å². The predicted octanol–water partition coefficient (Wildman–Crippen LogP) is 3.80.